The minimum Gasteiger partial charge on any atom is -0.480 e. The second-order valence-electron chi connectivity index (χ2n) is 3.58. The van der Waals surface area contributed by atoms with Gasteiger partial charge in [-0.15, -0.1) is 0 Å². The van der Waals surface area contributed by atoms with Crippen molar-refractivity contribution >= 4 is 17.8 Å². The number of carboxylic acids is 1. The molecule has 0 fully saturated rings. The second-order valence-corrected chi connectivity index (χ2v) is 3.58. The van der Waals surface area contributed by atoms with Gasteiger partial charge in [0.25, 0.3) is 0 Å². The highest BCUT2D eigenvalue weighted by Gasteiger charge is 2.17. The maximum Gasteiger partial charge on any atom is 0.376 e. The van der Waals surface area contributed by atoms with Gasteiger partial charge in [0.1, 0.15) is 11.9 Å². The standard InChI is InChI=1S/C11H15N3O4/c1-3-4-7(10(15)16)13-8-5-6-12-9(14-8)11(17)18-2/h5-7H,3-4H2,1-2H3,(H,15,16)(H,12,13,14). The molecular formula is C11H15N3O4. The van der Waals surface area contributed by atoms with Crippen molar-refractivity contribution in [3.8, 4) is 0 Å². The zero-order chi connectivity index (χ0) is 13.5. The summed E-state index contributed by atoms with van der Waals surface area (Å²) in [5.74, 6) is -1.45. The predicted molar refractivity (Wildman–Crippen MR) is 63.3 cm³/mol. The summed E-state index contributed by atoms with van der Waals surface area (Å²) in [5.41, 5.74) is 0. The van der Waals surface area contributed by atoms with Crippen molar-refractivity contribution in [1.29, 1.82) is 0 Å². The summed E-state index contributed by atoms with van der Waals surface area (Å²) in [7, 11) is 1.23. The van der Waals surface area contributed by atoms with Gasteiger partial charge in [0, 0.05) is 6.20 Å². The Bertz CT molecular complexity index is 436. The van der Waals surface area contributed by atoms with Gasteiger partial charge in [-0.1, -0.05) is 13.3 Å². The molecule has 7 nitrogen and oxygen atoms in total. The van der Waals surface area contributed by atoms with Gasteiger partial charge in [0.15, 0.2) is 0 Å². The number of methoxy groups -OCH3 is 1. The minimum atomic E-state index is -0.963. The summed E-state index contributed by atoms with van der Waals surface area (Å²) in [6.45, 7) is 1.89. The van der Waals surface area contributed by atoms with Gasteiger partial charge in [-0.25, -0.2) is 19.6 Å². The highest BCUT2D eigenvalue weighted by atomic mass is 16.5. The number of ether oxygens (including phenoxy) is 1. The van der Waals surface area contributed by atoms with Crippen molar-refractivity contribution in [3.05, 3.63) is 18.1 Å². The van der Waals surface area contributed by atoms with Gasteiger partial charge in [-0.2, -0.15) is 0 Å². The average Bonchev–Trinajstić information content (AvgIpc) is 2.37. The number of nitrogens with one attached hydrogen (secondary N) is 1. The molecule has 1 unspecified atom stereocenters. The lowest BCUT2D eigenvalue weighted by Gasteiger charge is -2.13. The highest BCUT2D eigenvalue weighted by Crippen LogP contribution is 2.08. The van der Waals surface area contributed by atoms with Crippen LogP contribution in [0.3, 0.4) is 0 Å². The molecule has 98 valence electrons. The lowest BCUT2D eigenvalue weighted by atomic mass is 10.2. The largest absolute Gasteiger partial charge is 0.480 e. The van der Waals surface area contributed by atoms with Crippen LogP contribution in [0.2, 0.25) is 0 Å². The van der Waals surface area contributed by atoms with Crippen LogP contribution >= 0.6 is 0 Å². The monoisotopic (exact) mass is 253 g/mol. The number of carboxylic acid groups (broad SMARTS) is 1. The van der Waals surface area contributed by atoms with E-state index < -0.39 is 18.0 Å². The molecule has 0 aromatic carbocycles. The van der Waals surface area contributed by atoms with Crippen LogP contribution < -0.4 is 5.32 Å². The number of carbonyl (C=O) groups is 2. The van der Waals surface area contributed by atoms with Gasteiger partial charge >= 0.3 is 11.9 Å². The maximum atomic E-state index is 11.2. The first-order chi connectivity index (χ1) is 8.58. The Morgan fingerprint density at radius 2 is 2.28 bits per heavy atom. The van der Waals surface area contributed by atoms with Crippen LogP contribution in [0.4, 0.5) is 5.82 Å². The second kappa shape index (κ2) is 6.53. The van der Waals surface area contributed by atoms with E-state index in [0.29, 0.717) is 6.42 Å². The first-order valence-corrected chi connectivity index (χ1v) is 5.49. The summed E-state index contributed by atoms with van der Waals surface area (Å²) in [6, 6.07) is 0.758. The highest BCUT2D eigenvalue weighted by molar-refractivity contribution is 5.85. The Kier molecular flexibility index (Phi) is 5.04. The zero-order valence-electron chi connectivity index (χ0n) is 10.2. The summed E-state index contributed by atoms with van der Waals surface area (Å²) in [6.07, 6.45) is 2.55. The first-order valence-electron chi connectivity index (χ1n) is 5.49. The summed E-state index contributed by atoms with van der Waals surface area (Å²) < 4.78 is 4.48. The minimum absolute atomic E-state index is 0.108. The number of carbonyl (C=O) groups excluding carboxylic acids is 1. The maximum absolute atomic E-state index is 11.2. The number of nitrogens with zero attached hydrogens (tertiary/aromatic N) is 2. The topological polar surface area (TPSA) is 101 Å². The van der Waals surface area contributed by atoms with Crippen LogP contribution in [-0.2, 0) is 9.53 Å². The third-order valence-electron chi connectivity index (χ3n) is 2.22. The van der Waals surface area contributed by atoms with Crippen LogP contribution in [-0.4, -0.2) is 40.2 Å². The van der Waals surface area contributed by atoms with E-state index in [9.17, 15) is 9.59 Å². The number of aliphatic carboxylic acids is 1. The fourth-order valence-electron chi connectivity index (χ4n) is 1.35. The molecule has 1 heterocycles. The molecule has 0 aliphatic carbocycles. The Balaban J connectivity index is 2.83. The van der Waals surface area contributed by atoms with Crippen molar-refractivity contribution < 1.29 is 19.4 Å². The molecule has 18 heavy (non-hydrogen) atoms. The number of rotatable bonds is 6. The number of aromatic nitrogens is 2. The Morgan fingerprint density at radius 3 is 2.83 bits per heavy atom. The number of anilines is 1. The fourth-order valence-corrected chi connectivity index (χ4v) is 1.35. The van der Waals surface area contributed by atoms with Gasteiger partial charge in [-0.3, -0.25) is 0 Å². The Hall–Kier alpha value is -2.18. The van der Waals surface area contributed by atoms with Crippen LogP contribution in [0.15, 0.2) is 12.3 Å². The molecule has 0 bridgehead atoms. The molecule has 0 spiro atoms. The fraction of sp³-hybridized carbons (Fsp3) is 0.455. The Morgan fingerprint density at radius 1 is 1.56 bits per heavy atom. The van der Waals surface area contributed by atoms with E-state index in [4.69, 9.17) is 5.11 Å². The number of hydrogen-bond acceptors (Lipinski definition) is 6. The van der Waals surface area contributed by atoms with Crippen molar-refractivity contribution in [3.63, 3.8) is 0 Å². The number of hydrogen-bond donors (Lipinski definition) is 2. The summed E-state index contributed by atoms with van der Waals surface area (Å²) in [4.78, 5) is 29.8. The van der Waals surface area contributed by atoms with E-state index in [1.807, 2.05) is 6.92 Å². The lowest BCUT2D eigenvalue weighted by Crippen LogP contribution is -2.29. The molecule has 7 heteroatoms. The molecular weight excluding hydrogens is 238 g/mol. The summed E-state index contributed by atoms with van der Waals surface area (Å²) in [5, 5.41) is 11.7. The molecule has 0 radical (unpaired) electrons. The molecule has 0 saturated heterocycles. The van der Waals surface area contributed by atoms with Crippen LogP contribution in [0, 0.1) is 0 Å². The molecule has 0 aliphatic rings. The van der Waals surface area contributed by atoms with Gasteiger partial charge < -0.3 is 15.2 Å². The SMILES string of the molecule is CCCC(Nc1ccnc(C(=O)OC)n1)C(=O)O. The van der Waals surface area contributed by atoms with Crippen molar-refractivity contribution in [2.75, 3.05) is 12.4 Å². The normalized spacial score (nSPS) is 11.7. The van der Waals surface area contributed by atoms with Gasteiger partial charge in [0.05, 0.1) is 7.11 Å². The quantitative estimate of drug-likeness (QED) is 0.727. The van der Waals surface area contributed by atoms with Crippen molar-refractivity contribution in [2.24, 2.45) is 0 Å². The molecule has 1 rings (SSSR count). The number of esters is 1. The van der Waals surface area contributed by atoms with Crippen molar-refractivity contribution in [1.82, 2.24) is 9.97 Å². The van der Waals surface area contributed by atoms with Gasteiger partial charge in [0.2, 0.25) is 5.82 Å². The average molecular weight is 253 g/mol. The molecule has 2 N–H and O–H groups in total. The molecule has 0 saturated carbocycles. The lowest BCUT2D eigenvalue weighted by molar-refractivity contribution is -0.138. The van der Waals surface area contributed by atoms with Crippen LogP contribution in [0.1, 0.15) is 30.4 Å². The van der Waals surface area contributed by atoms with E-state index >= 15 is 0 Å². The van der Waals surface area contributed by atoms with E-state index in [0.717, 1.165) is 6.42 Å². The molecule has 0 amide bonds. The molecule has 1 atom stereocenters. The van der Waals surface area contributed by atoms with Crippen LogP contribution in [0.5, 0.6) is 0 Å². The van der Waals surface area contributed by atoms with E-state index in [2.05, 4.69) is 20.0 Å². The van der Waals surface area contributed by atoms with Gasteiger partial charge in [-0.05, 0) is 12.5 Å². The molecule has 1 aromatic rings. The molecule has 0 aliphatic heterocycles. The summed E-state index contributed by atoms with van der Waals surface area (Å²) >= 11 is 0. The Labute approximate surface area is 104 Å². The van der Waals surface area contributed by atoms with E-state index in [-0.39, 0.29) is 11.6 Å². The predicted octanol–water partition coefficient (Wildman–Crippen LogP) is 0.928. The third-order valence-corrected chi connectivity index (χ3v) is 2.22. The van der Waals surface area contributed by atoms with E-state index in [1.54, 1.807) is 0 Å². The van der Waals surface area contributed by atoms with Crippen LogP contribution in [0.25, 0.3) is 0 Å². The molecule has 1 aromatic heterocycles. The smallest absolute Gasteiger partial charge is 0.376 e. The first kappa shape index (κ1) is 13.9. The third kappa shape index (κ3) is 3.69. The van der Waals surface area contributed by atoms with Crippen molar-refractivity contribution in [2.45, 2.75) is 25.8 Å². The van der Waals surface area contributed by atoms with E-state index in [1.165, 1.54) is 19.4 Å². The zero-order valence-corrected chi connectivity index (χ0v) is 10.2.